The number of rotatable bonds is 5. The van der Waals surface area contributed by atoms with Gasteiger partial charge in [0.25, 0.3) is 0 Å². The number of hydrogen-bond acceptors (Lipinski definition) is 1. The van der Waals surface area contributed by atoms with Gasteiger partial charge in [0.2, 0.25) is 0 Å². The Morgan fingerprint density at radius 3 is 2.03 bits per heavy atom. The Morgan fingerprint density at radius 1 is 0.778 bits per heavy atom. The van der Waals surface area contributed by atoms with Crippen molar-refractivity contribution in [2.45, 2.75) is 63.5 Å². The van der Waals surface area contributed by atoms with E-state index in [0.29, 0.717) is 17.4 Å². The van der Waals surface area contributed by atoms with E-state index in [1.54, 1.807) is 12.1 Å². The topological polar surface area (TPSA) is 0 Å². The fourth-order valence-electron chi connectivity index (χ4n) is 5.41. The van der Waals surface area contributed by atoms with E-state index in [2.05, 4.69) is 31.2 Å². The van der Waals surface area contributed by atoms with Crippen LogP contribution in [0.4, 0.5) is 22.0 Å². The molecule has 0 spiro atoms. The van der Waals surface area contributed by atoms with Gasteiger partial charge >= 0.3 is 6.18 Å². The monoisotopic (exact) mass is 514 g/mol. The van der Waals surface area contributed by atoms with E-state index in [0.717, 1.165) is 56.2 Å². The molecule has 0 aliphatic heterocycles. The van der Waals surface area contributed by atoms with Crippen molar-refractivity contribution >= 4 is 21.4 Å². The van der Waals surface area contributed by atoms with Gasteiger partial charge < -0.3 is 0 Å². The van der Waals surface area contributed by atoms with Crippen LogP contribution in [-0.2, 0) is 12.6 Å². The highest BCUT2D eigenvalue weighted by molar-refractivity contribution is 7.19. The first-order valence-corrected chi connectivity index (χ1v) is 13.2. The minimum absolute atomic E-state index is 0.0973. The Morgan fingerprint density at radius 2 is 1.42 bits per heavy atom. The summed E-state index contributed by atoms with van der Waals surface area (Å²) < 4.78 is 67.9. The third-order valence-electron chi connectivity index (χ3n) is 7.31. The van der Waals surface area contributed by atoms with Crippen LogP contribution in [-0.4, -0.2) is 0 Å². The van der Waals surface area contributed by atoms with Gasteiger partial charge in [-0.15, -0.1) is 11.3 Å². The molecule has 188 valence electrons. The SMILES string of the molecule is CCCc1ccc2cc(C3CCC(c4ccc(-c5cc(F)c(C(F)(F)F)c(F)c5)cc4)CC3)sc2c1. The van der Waals surface area contributed by atoms with Crippen molar-refractivity contribution in [2.75, 3.05) is 0 Å². The average Bonchev–Trinajstić information content (AvgIpc) is 3.27. The van der Waals surface area contributed by atoms with Gasteiger partial charge in [0.1, 0.15) is 17.2 Å². The first-order valence-electron chi connectivity index (χ1n) is 12.4. The quantitative estimate of drug-likeness (QED) is 0.232. The molecule has 0 atom stereocenters. The average molecular weight is 515 g/mol. The lowest BCUT2D eigenvalue weighted by Gasteiger charge is -2.28. The van der Waals surface area contributed by atoms with Crippen LogP contribution in [0.15, 0.2) is 60.7 Å². The van der Waals surface area contributed by atoms with E-state index in [1.165, 1.54) is 20.5 Å². The van der Waals surface area contributed by atoms with Gasteiger partial charge in [-0.2, -0.15) is 13.2 Å². The van der Waals surface area contributed by atoms with Gasteiger partial charge in [0, 0.05) is 9.58 Å². The molecule has 3 aromatic carbocycles. The standard InChI is InChI=1S/C30H27F5S/c1-2-3-18-4-5-23-17-28(36-27(23)14-18)22-12-10-20(11-13-22)19-6-8-21(9-7-19)24-15-25(31)29(26(32)16-24)30(33,34)35/h4-9,14-17,20,22H,2-3,10-13H2,1H3. The van der Waals surface area contributed by atoms with Crippen LogP contribution in [0.3, 0.4) is 0 Å². The van der Waals surface area contributed by atoms with Crippen molar-refractivity contribution in [3.63, 3.8) is 0 Å². The van der Waals surface area contributed by atoms with Crippen molar-refractivity contribution in [3.8, 4) is 11.1 Å². The smallest absolute Gasteiger partial charge is 0.206 e. The summed E-state index contributed by atoms with van der Waals surface area (Å²) in [4.78, 5) is 1.46. The molecule has 6 heteroatoms. The molecule has 1 aliphatic carbocycles. The third kappa shape index (κ3) is 5.06. The highest BCUT2D eigenvalue weighted by Gasteiger charge is 2.38. The number of hydrogen-bond donors (Lipinski definition) is 0. The Hall–Kier alpha value is -2.73. The normalized spacial score (nSPS) is 18.6. The molecule has 1 heterocycles. The summed E-state index contributed by atoms with van der Waals surface area (Å²) in [5, 5.41) is 1.32. The van der Waals surface area contributed by atoms with E-state index < -0.39 is 23.4 Å². The molecule has 1 aliphatic rings. The minimum atomic E-state index is -5.07. The van der Waals surface area contributed by atoms with E-state index in [1.807, 2.05) is 23.5 Å². The molecule has 0 radical (unpaired) electrons. The maximum Gasteiger partial charge on any atom is 0.422 e. The Labute approximate surface area is 211 Å². The second kappa shape index (κ2) is 9.97. The van der Waals surface area contributed by atoms with Gasteiger partial charge in [-0.3, -0.25) is 0 Å². The van der Waals surface area contributed by atoms with Crippen LogP contribution >= 0.6 is 11.3 Å². The molecular formula is C30H27F5S. The number of halogens is 5. The number of fused-ring (bicyclic) bond motifs is 1. The largest absolute Gasteiger partial charge is 0.422 e. The number of benzene rings is 3. The molecule has 0 bridgehead atoms. The molecule has 36 heavy (non-hydrogen) atoms. The number of alkyl halides is 3. The predicted molar refractivity (Wildman–Crippen MR) is 137 cm³/mol. The molecule has 4 aromatic rings. The summed E-state index contributed by atoms with van der Waals surface area (Å²) in [6, 6.07) is 18.0. The lowest BCUT2D eigenvalue weighted by atomic mass is 9.78. The van der Waals surface area contributed by atoms with Crippen LogP contribution < -0.4 is 0 Å². The van der Waals surface area contributed by atoms with E-state index in [4.69, 9.17) is 0 Å². The second-order valence-electron chi connectivity index (χ2n) is 9.75. The van der Waals surface area contributed by atoms with Gasteiger partial charge in [-0.25, -0.2) is 8.78 Å². The second-order valence-corrected chi connectivity index (χ2v) is 10.9. The molecule has 0 N–H and O–H groups in total. The molecule has 1 saturated carbocycles. The Kier molecular flexibility index (Phi) is 6.90. The Balaban J connectivity index is 1.26. The lowest BCUT2D eigenvalue weighted by molar-refractivity contribution is -0.142. The first-order chi connectivity index (χ1) is 17.2. The molecule has 0 unspecified atom stereocenters. The summed E-state index contributed by atoms with van der Waals surface area (Å²) >= 11 is 1.91. The molecule has 1 aromatic heterocycles. The van der Waals surface area contributed by atoms with Crippen molar-refractivity contribution < 1.29 is 22.0 Å². The molecule has 1 fully saturated rings. The fourth-order valence-corrected chi connectivity index (χ4v) is 6.71. The molecule has 0 nitrogen and oxygen atoms in total. The maximum absolute atomic E-state index is 14.0. The summed E-state index contributed by atoms with van der Waals surface area (Å²) in [5.74, 6) is -2.22. The zero-order valence-corrected chi connectivity index (χ0v) is 20.8. The van der Waals surface area contributed by atoms with Crippen LogP contribution in [0.1, 0.15) is 72.4 Å². The summed E-state index contributed by atoms with van der Waals surface area (Å²) in [5.41, 5.74) is 1.30. The summed E-state index contributed by atoms with van der Waals surface area (Å²) in [6.45, 7) is 2.20. The highest BCUT2D eigenvalue weighted by atomic mass is 32.1. The van der Waals surface area contributed by atoms with Crippen LogP contribution in [0.5, 0.6) is 0 Å². The van der Waals surface area contributed by atoms with Crippen molar-refractivity contribution in [1.82, 2.24) is 0 Å². The van der Waals surface area contributed by atoms with Gasteiger partial charge in [0.15, 0.2) is 0 Å². The summed E-state index contributed by atoms with van der Waals surface area (Å²) in [6.07, 6.45) is 1.52. The molecule has 0 amide bonds. The van der Waals surface area contributed by atoms with E-state index in [9.17, 15) is 22.0 Å². The Bertz CT molecular complexity index is 1340. The van der Waals surface area contributed by atoms with Gasteiger partial charge in [-0.1, -0.05) is 49.7 Å². The van der Waals surface area contributed by atoms with Crippen LogP contribution in [0.25, 0.3) is 21.2 Å². The zero-order valence-electron chi connectivity index (χ0n) is 20.0. The molecule has 5 rings (SSSR count). The van der Waals surface area contributed by atoms with E-state index >= 15 is 0 Å². The minimum Gasteiger partial charge on any atom is -0.206 e. The van der Waals surface area contributed by atoms with Crippen LogP contribution in [0.2, 0.25) is 0 Å². The maximum atomic E-state index is 14.0. The predicted octanol–water partition coefficient (Wildman–Crippen LogP) is 10.3. The van der Waals surface area contributed by atoms with Crippen molar-refractivity contribution in [2.24, 2.45) is 0 Å². The zero-order chi connectivity index (χ0) is 25.4. The number of aryl methyl sites for hydroxylation is 1. The fraction of sp³-hybridized carbons (Fsp3) is 0.333. The van der Waals surface area contributed by atoms with E-state index in [-0.39, 0.29) is 5.56 Å². The van der Waals surface area contributed by atoms with Crippen molar-refractivity contribution in [3.05, 3.63) is 93.9 Å². The van der Waals surface area contributed by atoms with Gasteiger partial charge in [0.05, 0.1) is 0 Å². The number of thiophene rings is 1. The molecule has 0 saturated heterocycles. The third-order valence-corrected chi connectivity index (χ3v) is 8.57. The van der Waals surface area contributed by atoms with Crippen molar-refractivity contribution in [1.29, 1.82) is 0 Å². The first kappa shape index (κ1) is 24.9. The molecular weight excluding hydrogens is 487 g/mol. The lowest BCUT2D eigenvalue weighted by Crippen LogP contribution is -2.11. The summed E-state index contributed by atoms with van der Waals surface area (Å²) in [7, 11) is 0. The van der Waals surface area contributed by atoms with Gasteiger partial charge in [-0.05, 0) is 95.8 Å². The highest BCUT2D eigenvalue weighted by Crippen LogP contribution is 2.44. The van der Waals surface area contributed by atoms with Crippen LogP contribution in [0, 0.1) is 11.6 Å².